The highest BCUT2D eigenvalue weighted by molar-refractivity contribution is 5.78. The molecule has 2 unspecified atom stereocenters. The third-order valence-electron chi connectivity index (χ3n) is 6.17. The maximum atomic E-state index is 13.0. The average Bonchev–Trinajstić information content (AvgIpc) is 3.52. The maximum absolute atomic E-state index is 13.0. The van der Waals surface area contributed by atoms with Gasteiger partial charge in [0.05, 0.1) is 26.3 Å². The molecule has 1 saturated heterocycles. The summed E-state index contributed by atoms with van der Waals surface area (Å²) in [5, 5.41) is 3.32. The molecule has 1 aliphatic heterocycles. The van der Waals surface area contributed by atoms with Crippen molar-refractivity contribution in [3.05, 3.63) is 59.7 Å². The normalized spacial score (nSPS) is 20.0. The molecule has 1 heterocycles. The van der Waals surface area contributed by atoms with Crippen molar-refractivity contribution in [3.63, 3.8) is 0 Å². The molecule has 1 saturated carbocycles. The summed E-state index contributed by atoms with van der Waals surface area (Å²) in [6, 6.07) is 16.8. The molecule has 160 valence electrons. The van der Waals surface area contributed by atoms with Crippen LogP contribution in [-0.4, -0.2) is 37.6 Å². The zero-order valence-corrected chi connectivity index (χ0v) is 18.0. The van der Waals surface area contributed by atoms with E-state index in [1.807, 2.05) is 31.2 Å². The van der Waals surface area contributed by atoms with Crippen LogP contribution in [0.4, 0.5) is 0 Å². The monoisotopic (exact) mass is 408 g/mol. The van der Waals surface area contributed by atoms with Crippen molar-refractivity contribution >= 4 is 5.91 Å². The Balaban J connectivity index is 1.39. The first-order valence-corrected chi connectivity index (χ1v) is 11.1. The molecule has 0 bridgehead atoms. The van der Waals surface area contributed by atoms with Crippen LogP contribution in [-0.2, 0) is 4.79 Å². The van der Waals surface area contributed by atoms with Gasteiger partial charge >= 0.3 is 0 Å². The Kier molecular flexibility index (Phi) is 6.58. The Bertz CT molecular complexity index is 830. The van der Waals surface area contributed by atoms with Crippen molar-refractivity contribution in [1.29, 1.82) is 0 Å². The zero-order valence-electron chi connectivity index (χ0n) is 18.0. The number of hydrogen-bond acceptors (Lipinski definition) is 4. The summed E-state index contributed by atoms with van der Waals surface area (Å²) in [7, 11) is 1.67. The molecule has 5 heteroatoms. The Hall–Kier alpha value is -2.53. The third-order valence-corrected chi connectivity index (χ3v) is 6.17. The lowest BCUT2D eigenvalue weighted by atomic mass is 10.0. The quantitative estimate of drug-likeness (QED) is 0.664. The molecule has 1 aliphatic carbocycles. The van der Waals surface area contributed by atoms with Gasteiger partial charge in [-0.15, -0.1) is 0 Å². The lowest BCUT2D eigenvalue weighted by molar-refractivity contribution is -0.123. The van der Waals surface area contributed by atoms with Crippen molar-refractivity contribution < 1.29 is 14.3 Å². The van der Waals surface area contributed by atoms with E-state index in [1.165, 1.54) is 18.4 Å². The van der Waals surface area contributed by atoms with Crippen LogP contribution in [0.15, 0.2) is 48.5 Å². The number of carbonyl (C=O) groups excluding carboxylic acids is 1. The Labute approximate surface area is 179 Å². The molecule has 0 radical (unpaired) electrons. The summed E-state index contributed by atoms with van der Waals surface area (Å²) in [5.41, 5.74) is 2.42. The summed E-state index contributed by atoms with van der Waals surface area (Å²) in [6.07, 6.45) is 4.56. The highest BCUT2D eigenvalue weighted by atomic mass is 16.5. The average molecular weight is 409 g/mol. The zero-order chi connectivity index (χ0) is 20.9. The summed E-state index contributed by atoms with van der Waals surface area (Å²) in [4.78, 5) is 15.3. The van der Waals surface area contributed by atoms with Gasteiger partial charge in [0.2, 0.25) is 5.91 Å². The lowest BCUT2D eigenvalue weighted by Crippen LogP contribution is -2.39. The number of methoxy groups -OCH3 is 1. The van der Waals surface area contributed by atoms with E-state index < -0.39 is 0 Å². The van der Waals surface area contributed by atoms with E-state index in [0.29, 0.717) is 25.1 Å². The number of nitrogens with zero attached hydrogens (tertiary/aromatic N) is 1. The van der Waals surface area contributed by atoms with Gasteiger partial charge in [0.15, 0.2) is 0 Å². The Morgan fingerprint density at radius 2 is 1.77 bits per heavy atom. The minimum atomic E-state index is 0.0925. The number of benzene rings is 2. The van der Waals surface area contributed by atoms with Gasteiger partial charge in [-0.1, -0.05) is 24.3 Å². The van der Waals surface area contributed by atoms with E-state index in [9.17, 15) is 4.79 Å². The molecule has 2 atom stereocenters. The van der Waals surface area contributed by atoms with Crippen LogP contribution >= 0.6 is 0 Å². The highest BCUT2D eigenvalue weighted by Gasteiger charge is 2.34. The van der Waals surface area contributed by atoms with Gasteiger partial charge in [-0.3, -0.25) is 9.69 Å². The van der Waals surface area contributed by atoms with E-state index in [-0.39, 0.29) is 11.9 Å². The van der Waals surface area contributed by atoms with Crippen LogP contribution in [0, 0.1) is 5.92 Å². The van der Waals surface area contributed by atoms with Crippen molar-refractivity contribution in [1.82, 2.24) is 10.2 Å². The highest BCUT2D eigenvalue weighted by Crippen LogP contribution is 2.41. The fourth-order valence-corrected chi connectivity index (χ4v) is 4.46. The van der Waals surface area contributed by atoms with E-state index in [2.05, 4.69) is 34.5 Å². The first-order chi connectivity index (χ1) is 14.7. The molecule has 1 amide bonds. The van der Waals surface area contributed by atoms with Gasteiger partial charge in [0.25, 0.3) is 0 Å². The number of rotatable bonds is 9. The number of ether oxygens (including phenoxy) is 2. The van der Waals surface area contributed by atoms with Crippen molar-refractivity contribution in [2.24, 2.45) is 5.92 Å². The molecule has 1 N–H and O–H groups in total. The van der Waals surface area contributed by atoms with Crippen molar-refractivity contribution in [3.8, 4) is 11.5 Å². The van der Waals surface area contributed by atoms with Crippen LogP contribution in [0.2, 0.25) is 0 Å². The van der Waals surface area contributed by atoms with E-state index >= 15 is 0 Å². The maximum Gasteiger partial charge on any atom is 0.234 e. The van der Waals surface area contributed by atoms with Gasteiger partial charge < -0.3 is 14.8 Å². The lowest BCUT2D eigenvalue weighted by Gasteiger charge is -2.26. The number of amides is 1. The van der Waals surface area contributed by atoms with Gasteiger partial charge in [-0.2, -0.15) is 0 Å². The molecule has 30 heavy (non-hydrogen) atoms. The smallest absolute Gasteiger partial charge is 0.234 e. The number of hydrogen-bond donors (Lipinski definition) is 1. The Morgan fingerprint density at radius 3 is 2.40 bits per heavy atom. The molecule has 5 nitrogen and oxygen atoms in total. The van der Waals surface area contributed by atoms with Crippen LogP contribution in [0.1, 0.15) is 55.8 Å². The first kappa shape index (κ1) is 20.7. The van der Waals surface area contributed by atoms with Gasteiger partial charge in [-0.05, 0) is 80.5 Å². The number of nitrogens with one attached hydrogen (secondary N) is 1. The third kappa shape index (κ3) is 4.96. The summed E-state index contributed by atoms with van der Waals surface area (Å²) in [6.45, 7) is 4.07. The second-order valence-electron chi connectivity index (χ2n) is 8.29. The summed E-state index contributed by atoms with van der Waals surface area (Å²) >= 11 is 0. The second-order valence-corrected chi connectivity index (χ2v) is 8.29. The number of carbonyl (C=O) groups is 1. The fraction of sp³-hybridized carbons (Fsp3) is 0.480. The molecular weight excluding hydrogens is 376 g/mol. The second kappa shape index (κ2) is 9.52. The van der Waals surface area contributed by atoms with E-state index in [4.69, 9.17) is 9.47 Å². The first-order valence-electron chi connectivity index (χ1n) is 11.1. The molecule has 4 rings (SSSR count). The van der Waals surface area contributed by atoms with Crippen molar-refractivity contribution in [2.75, 3.05) is 26.8 Å². The largest absolute Gasteiger partial charge is 0.497 e. The minimum absolute atomic E-state index is 0.0925. The molecule has 2 aromatic carbocycles. The standard InChI is InChI=1S/C25H32N2O3/c1-3-30-22-14-8-18(9-15-22)23-5-4-16-27(23)17-24(28)26-25(19-6-7-19)20-10-12-21(29-2)13-11-20/h8-15,19,23,25H,3-7,16-17H2,1-2H3,(H,26,28). The predicted molar refractivity (Wildman–Crippen MR) is 118 cm³/mol. The summed E-state index contributed by atoms with van der Waals surface area (Å²) in [5.74, 6) is 2.40. The molecular formula is C25H32N2O3. The predicted octanol–water partition coefficient (Wildman–Crippen LogP) is 4.50. The van der Waals surface area contributed by atoms with Gasteiger partial charge in [-0.25, -0.2) is 0 Å². The van der Waals surface area contributed by atoms with Gasteiger partial charge in [0.1, 0.15) is 11.5 Å². The SMILES string of the molecule is CCOc1ccc(C2CCCN2CC(=O)NC(c2ccc(OC)cc2)C2CC2)cc1. The molecule has 2 aromatic rings. The van der Waals surface area contributed by atoms with Crippen LogP contribution in [0.3, 0.4) is 0 Å². The number of likely N-dealkylation sites (tertiary alicyclic amines) is 1. The van der Waals surface area contributed by atoms with E-state index in [1.54, 1.807) is 7.11 Å². The van der Waals surface area contributed by atoms with Crippen LogP contribution in [0.25, 0.3) is 0 Å². The van der Waals surface area contributed by atoms with E-state index in [0.717, 1.165) is 36.4 Å². The van der Waals surface area contributed by atoms with Crippen LogP contribution in [0.5, 0.6) is 11.5 Å². The summed E-state index contributed by atoms with van der Waals surface area (Å²) < 4.78 is 10.8. The Morgan fingerprint density at radius 1 is 1.07 bits per heavy atom. The topological polar surface area (TPSA) is 50.8 Å². The van der Waals surface area contributed by atoms with Crippen LogP contribution < -0.4 is 14.8 Å². The molecule has 2 aliphatic rings. The molecule has 2 fully saturated rings. The molecule has 0 spiro atoms. The minimum Gasteiger partial charge on any atom is -0.497 e. The molecule has 0 aromatic heterocycles. The van der Waals surface area contributed by atoms with Gasteiger partial charge in [0, 0.05) is 6.04 Å². The fourth-order valence-electron chi connectivity index (χ4n) is 4.46. The van der Waals surface area contributed by atoms with Crippen molar-refractivity contribution in [2.45, 2.75) is 44.7 Å².